The summed E-state index contributed by atoms with van der Waals surface area (Å²) in [5, 5.41) is 6.76. The summed E-state index contributed by atoms with van der Waals surface area (Å²) in [7, 11) is 1.65. The number of amides is 1. The summed E-state index contributed by atoms with van der Waals surface area (Å²) in [5.41, 5.74) is 3.99. The standard InChI is InChI=1S/C22H22ClN3O2/c1-15-3-6-18(13-20(15)23)26-22(27)21-14-17(10-12-25-21)24-11-9-16-4-7-19(28-2)8-5-16/h3-8,10,12-14H,9,11H2,1-2H3,(H,24,25)(H,26,27). The molecule has 2 aromatic carbocycles. The number of methoxy groups -OCH3 is 1. The first-order chi connectivity index (χ1) is 13.5. The second kappa shape index (κ2) is 9.24. The lowest BCUT2D eigenvalue weighted by atomic mass is 10.1. The minimum absolute atomic E-state index is 0.279. The van der Waals surface area contributed by atoms with E-state index < -0.39 is 0 Å². The van der Waals surface area contributed by atoms with Crippen LogP contribution in [-0.4, -0.2) is 24.5 Å². The minimum atomic E-state index is -0.279. The van der Waals surface area contributed by atoms with Gasteiger partial charge >= 0.3 is 0 Å². The molecule has 0 unspecified atom stereocenters. The molecule has 0 atom stereocenters. The summed E-state index contributed by atoms with van der Waals surface area (Å²) in [6, 6.07) is 17.0. The van der Waals surface area contributed by atoms with E-state index in [2.05, 4.69) is 15.6 Å². The maximum Gasteiger partial charge on any atom is 0.274 e. The van der Waals surface area contributed by atoms with Crippen molar-refractivity contribution in [1.82, 2.24) is 4.98 Å². The predicted molar refractivity (Wildman–Crippen MR) is 114 cm³/mol. The zero-order chi connectivity index (χ0) is 19.9. The second-order valence-corrected chi connectivity index (χ2v) is 6.78. The van der Waals surface area contributed by atoms with Gasteiger partial charge in [-0.3, -0.25) is 9.78 Å². The molecule has 0 aliphatic carbocycles. The zero-order valence-corrected chi connectivity index (χ0v) is 16.6. The molecule has 0 aliphatic heterocycles. The van der Waals surface area contributed by atoms with E-state index in [4.69, 9.17) is 16.3 Å². The van der Waals surface area contributed by atoms with Gasteiger partial charge in [0.2, 0.25) is 0 Å². The normalized spacial score (nSPS) is 10.4. The zero-order valence-electron chi connectivity index (χ0n) is 15.8. The molecule has 6 heteroatoms. The quantitative estimate of drug-likeness (QED) is 0.593. The molecule has 0 aliphatic rings. The Labute approximate surface area is 169 Å². The number of benzene rings is 2. The smallest absolute Gasteiger partial charge is 0.274 e. The van der Waals surface area contributed by atoms with Gasteiger partial charge in [0, 0.05) is 29.1 Å². The van der Waals surface area contributed by atoms with Crippen LogP contribution in [0, 0.1) is 6.92 Å². The summed E-state index contributed by atoms with van der Waals surface area (Å²) in [4.78, 5) is 16.6. The van der Waals surface area contributed by atoms with Crippen molar-refractivity contribution < 1.29 is 9.53 Å². The van der Waals surface area contributed by atoms with Gasteiger partial charge in [-0.25, -0.2) is 0 Å². The van der Waals surface area contributed by atoms with Gasteiger partial charge in [-0.15, -0.1) is 0 Å². The highest BCUT2D eigenvalue weighted by atomic mass is 35.5. The first-order valence-electron chi connectivity index (χ1n) is 8.95. The van der Waals surface area contributed by atoms with E-state index in [1.54, 1.807) is 25.4 Å². The lowest BCUT2D eigenvalue weighted by Gasteiger charge is -2.09. The molecule has 0 saturated carbocycles. The molecule has 3 rings (SSSR count). The van der Waals surface area contributed by atoms with Crippen LogP contribution in [0.3, 0.4) is 0 Å². The fraction of sp³-hybridized carbons (Fsp3) is 0.182. The van der Waals surface area contributed by atoms with E-state index in [0.717, 1.165) is 30.0 Å². The van der Waals surface area contributed by atoms with Crippen molar-refractivity contribution in [3.8, 4) is 5.75 Å². The molecule has 5 nitrogen and oxygen atoms in total. The number of hydrogen-bond donors (Lipinski definition) is 2. The van der Waals surface area contributed by atoms with Gasteiger partial charge in [0.25, 0.3) is 5.91 Å². The highest BCUT2D eigenvalue weighted by Gasteiger charge is 2.09. The van der Waals surface area contributed by atoms with Crippen molar-refractivity contribution in [1.29, 1.82) is 0 Å². The number of carbonyl (C=O) groups excluding carboxylic acids is 1. The number of halogens is 1. The Morgan fingerprint density at radius 1 is 1.07 bits per heavy atom. The van der Waals surface area contributed by atoms with Crippen LogP contribution in [0.25, 0.3) is 0 Å². The van der Waals surface area contributed by atoms with Gasteiger partial charge in [-0.05, 0) is 60.9 Å². The highest BCUT2D eigenvalue weighted by molar-refractivity contribution is 6.31. The first kappa shape index (κ1) is 19.7. The van der Waals surface area contributed by atoms with Crippen LogP contribution in [0.2, 0.25) is 5.02 Å². The molecular formula is C22H22ClN3O2. The fourth-order valence-electron chi connectivity index (χ4n) is 2.67. The number of nitrogens with one attached hydrogen (secondary N) is 2. The molecule has 0 radical (unpaired) electrons. The number of carbonyl (C=O) groups is 1. The largest absolute Gasteiger partial charge is 0.497 e. The number of rotatable bonds is 7. The second-order valence-electron chi connectivity index (χ2n) is 6.37. The van der Waals surface area contributed by atoms with Crippen LogP contribution in [0.1, 0.15) is 21.6 Å². The van der Waals surface area contributed by atoms with Crippen LogP contribution in [-0.2, 0) is 6.42 Å². The van der Waals surface area contributed by atoms with Gasteiger partial charge in [-0.1, -0.05) is 29.8 Å². The summed E-state index contributed by atoms with van der Waals surface area (Å²) < 4.78 is 5.17. The molecule has 0 spiro atoms. The molecular weight excluding hydrogens is 374 g/mol. The third kappa shape index (κ3) is 5.24. The summed E-state index contributed by atoms with van der Waals surface area (Å²) in [5.74, 6) is 0.565. The Balaban J connectivity index is 1.58. The molecule has 1 heterocycles. The van der Waals surface area contributed by atoms with Crippen LogP contribution < -0.4 is 15.4 Å². The Kier molecular flexibility index (Phi) is 6.50. The van der Waals surface area contributed by atoms with Gasteiger partial charge in [0.15, 0.2) is 0 Å². The lowest BCUT2D eigenvalue weighted by Crippen LogP contribution is -2.14. The topological polar surface area (TPSA) is 63.2 Å². The molecule has 144 valence electrons. The van der Waals surface area contributed by atoms with E-state index in [0.29, 0.717) is 16.4 Å². The monoisotopic (exact) mass is 395 g/mol. The maximum absolute atomic E-state index is 12.5. The molecule has 0 fully saturated rings. The van der Waals surface area contributed by atoms with E-state index >= 15 is 0 Å². The van der Waals surface area contributed by atoms with Gasteiger partial charge in [0.1, 0.15) is 11.4 Å². The van der Waals surface area contributed by atoms with E-state index in [1.807, 2.05) is 49.4 Å². The third-order valence-corrected chi connectivity index (χ3v) is 4.73. The summed E-state index contributed by atoms with van der Waals surface area (Å²) in [6.45, 7) is 2.65. The summed E-state index contributed by atoms with van der Waals surface area (Å²) >= 11 is 6.11. The lowest BCUT2D eigenvalue weighted by molar-refractivity contribution is 0.102. The molecule has 0 bridgehead atoms. The molecule has 1 aromatic heterocycles. The van der Waals surface area contributed by atoms with Gasteiger partial charge in [-0.2, -0.15) is 0 Å². The van der Waals surface area contributed by atoms with Gasteiger partial charge in [0.05, 0.1) is 7.11 Å². The van der Waals surface area contributed by atoms with E-state index in [1.165, 1.54) is 5.56 Å². The summed E-state index contributed by atoms with van der Waals surface area (Å²) in [6.07, 6.45) is 2.47. The van der Waals surface area contributed by atoms with Crippen molar-refractivity contribution in [2.45, 2.75) is 13.3 Å². The van der Waals surface area contributed by atoms with Gasteiger partial charge < -0.3 is 15.4 Å². The number of anilines is 2. The minimum Gasteiger partial charge on any atom is -0.497 e. The number of ether oxygens (including phenoxy) is 1. The number of nitrogens with zero attached hydrogens (tertiary/aromatic N) is 1. The van der Waals surface area contributed by atoms with Crippen molar-refractivity contribution in [2.75, 3.05) is 24.3 Å². The number of pyridine rings is 1. The van der Waals surface area contributed by atoms with E-state index in [-0.39, 0.29) is 5.91 Å². The average Bonchev–Trinajstić information content (AvgIpc) is 2.71. The van der Waals surface area contributed by atoms with E-state index in [9.17, 15) is 4.79 Å². The van der Waals surface area contributed by atoms with Crippen LogP contribution in [0.4, 0.5) is 11.4 Å². The number of hydrogen-bond acceptors (Lipinski definition) is 4. The van der Waals surface area contributed by atoms with Crippen molar-refractivity contribution in [2.24, 2.45) is 0 Å². The number of aryl methyl sites for hydroxylation is 1. The average molecular weight is 396 g/mol. The molecule has 3 aromatic rings. The predicted octanol–water partition coefficient (Wildman–Crippen LogP) is 4.96. The maximum atomic E-state index is 12.5. The Bertz CT molecular complexity index is 958. The molecule has 1 amide bonds. The first-order valence-corrected chi connectivity index (χ1v) is 9.33. The van der Waals surface area contributed by atoms with Crippen LogP contribution in [0.15, 0.2) is 60.8 Å². The Hall–Kier alpha value is -3.05. The third-order valence-electron chi connectivity index (χ3n) is 4.32. The van der Waals surface area contributed by atoms with Crippen LogP contribution >= 0.6 is 11.6 Å². The number of aromatic nitrogens is 1. The Morgan fingerprint density at radius 3 is 2.57 bits per heavy atom. The molecule has 0 saturated heterocycles. The van der Waals surface area contributed by atoms with Crippen molar-refractivity contribution in [3.05, 3.63) is 82.6 Å². The molecule has 2 N–H and O–H groups in total. The fourth-order valence-corrected chi connectivity index (χ4v) is 2.85. The highest BCUT2D eigenvalue weighted by Crippen LogP contribution is 2.20. The Morgan fingerprint density at radius 2 is 1.86 bits per heavy atom. The molecule has 28 heavy (non-hydrogen) atoms. The SMILES string of the molecule is COc1ccc(CCNc2ccnc(C(=O)Nc3ccc(C)c(Cl)c3)c2)cc1. The van der Waals surface area contributed by atoms with Crippen molar-refractivity contribution >= 4 is 28.9 Å². The van der Waals surface area contributed by atoms with Crippen LogP contribution in [0.5, 0.6) is 5.75 Å². The van der Waals surface area contributed by atoms with Crippen molar-refractivity contribution in [3.63, 3.8) is 0 Å².